The Bertz CT molecular complexity index is 990. The summed E-state index contributed by atoms with van der Waals surface area (Å²) in [7, 11) is 0. The Kier molecular flexibility index (Phi) is 4.47. The Hall–Kier alpha value is -3.40. The Morgan fingerprint density at radius 1 is 0.815 bits per heavy atom. The van der Waals surface area contributed by atoms with Gasteiger partial charge in [0.25, 0.3) is 0 Å². The molecule has 1 aliphatic heterocycles. The molecule has 0 spiro atoms. The van der Waals surface area contributed by atoms with E-state index in [0.29, 0.717) is 0 Å². The molecular formula is C23H21N3O. The molecule has 2 heterocycles. The number of aryl methyl sites for hydroxylation is 1. The number of pyridine rings is 1. The minimum Gasteiger partial charge on any atom is -0.359 e. The predicted octanol–water partition coefficient (Wildman–Crippen LogP) is 4.31. The molecule has 0 amide bonds. The summed E-state index contributed by atoms with van der Waals surface area (Å²) in [5, 5.41) is 7.19. The van der Waals surface area contributed by atoms with E-state index in [-0.39, 0.29) is 11.9 Å². The summed E-state index contributed by atoms with van der Waals surface area (Å²) in [6, 6.07) is 20.2. The van der Waals surface area contributed by atoms with Gasteiger partial charge in [-0.2, -0.15) is 0 Å². The van der Waals surface area contributed by atoms with Crippen molar-refractivity contribution in [3.05, 3.63) is 101 Å². The summed E-state index contributed by atoms with van der Waals surface area (Å²) in [5.74, 6) is 0.0739. The van der Waals surface area contributed by atoms with Gasteiger partial charge in [-0.25, -0.2) is 0 Å². The molecule has 0 radical (unpaired) electrons. The topological polar surface area (TPSA) is 54.0 Å². The third-order valence-corrected chi connectivity index (χ3v) is 4.79. The van der Waals surface area contributed by atoms with Crippen molar-refractivity contribution in [3.8, 4) is 0 Å². The standard InChI is InChI=1S/C23H21N3O/c1-15-3-5-18(6-4-15)21-22(19-11-13-24-14-12-19)26-23(25-21)20-9-7-17(8-10-20)16(2)27/h3-14,23,25-26H,1-2H3. The Labute approximate surface area is 159 Å². The zero-order valence-corrected chi connectivity index (χ0v) is 15.4. The number of nitrogens with zero attached hydrogens (tertiary/aromatic N) is 1. The molecule has 0 fully saturated rings. The van der Waals surface area contributed by atoms with E-state index in [0.717, 1.165) is 33.6 Å². The number of benzene rings is 2. The molecule has 0 saturated heterocycles. The molecule has 4 rings (SSSR count). The first-order valence-corrected chi connectivity index (χ1v) is 8.97. The number of carbonyl (C=O) groups excluding carboxylic acids is 1. The second-order valence-corrected chi connectivity index (χ2v) is 6.75. The van der Waals surface area contributed by atoms with E-state index in [1.807, 2.05) is 36.4 Å². The number of nitrogens with one attached hydrogen (secondary N) is 2. The molecule has 1 atom stereocenters. The zero-order valence-electron chi connectivity index (χ0n) is 15.4. The first kappa shape index (κ1) is 17.0. The molecule has 4 heteroatoms. The van der Waals surface area contributed by atoms with E-state index >= 15 is 0 Å². The molecular weight excluding hydrogens is 334 g/mol. The van der Waals surface area contributed by atoms with Crippen LogP contribution in [0.4, 0.5) is 0 Å². The smallest absolute Gasteiger partial charge is 0.159 e. The van der Waals surface area contributed by atoms with Gasteiger partial charge in [-0.1, -0.05) is 54.1 Å². The highest BCUT2D eigenvalue weighted by atomic mass is 16.1. The summed E-state index contributed by atoms with van der Waals surface area (Å²) >= 11 is 0. The first-order valence-electron chi connectivity index (χ1n) is 8.97. The van der Waals surface area contributed by atoms with E-state index in [1.54, 1.807) is 19.3 Å². The monoisotopic (exact) mass is 355 g/mol. The molecule has 1 aliphatic rings. The minimum absolute atomic E-state index is 0.0644. The van der Waals surface area contributed by atoms with Crippen LogP contribution >= 0.6 is 0 Å². The average molecular weight is 355 g/mol. The third kappa shape index (κ3) is 3.47. The van der Waals surface area contributed by atoms with Gasteiger partial charge in [-0.15, -0.1) is 0 Å². The number of hydrogen-bond acceptors (Lipinski definition) is 4. The molecule has 1 aromatic heterocycles. The van der Waals surface area contributed by atoms with Crippen LogP contribution in [0.5, 0.6) is 0 Å². The summed E-state index contributed by atoms with van der Waals surface area (Å²) < 4.78 is 0. The van der Waals surface area contributed by atoms with Crippen molar-refractivity contribution in [1.82, 2.24) is 15.6 Å². The van der Waals surface area contributed by atoms with Crippen LogP contribution in [-0.4, -0.2) is 10.8 Å². The van der Waals surface area contributed by atoms with Gasteiger partial charge in [0.2, 0.25) is 0 Å². The van der Waals surface area contributed by atoms with Crippen molar-refractivity contribution in [2.45, 2.75) is 20.0 Å². The Balaban J connectivity index is 1.70. The van der Waals surface area contributed by atoms with Gasteiger partial charge in [0.1, 0.15) is 6.17 Å². The molecule has 0 saturated carbocycles. The molecule has 27 heavy (non-hydrogen) atoms. The second kappa shape index (κ2) is 7.08. The quantitative estimate of drug-likeness (QED) is 0.685. The van der Waals surface area contributed by atoms with Gasteiger partial charge >= 0.3 is 0 Å². The summed E-state index contributed by atoms with van der Waals surface area (Å²) in [6.45, 7) is 3.67. The maximum Gasteiger partial charge on any atom is 0.159 e. The Morgan fingerprint density at radius 3 is 1.93 bits per heavy atom. The fraction of sp³-hybridized carbons (Fsp3) is 0.130. The van der Waals surface area contributed by atoms with Gasteiger partial charge in [-0.05, 0) is 37.1 Å². The van der Waals surface area contributed by atoms with Crippen LogP contribution in [0.15, 0.2) is 73.1 Å². The van der Waals surface area contributed by atoms with Crippen molar-refractivity contribution in [2.75, 3.05) is 0 Å². The van der Waals surface area contributed by atoms with Gasteiger partial charge < -0.3 is 10.6 Å². The molecule has 134 valence electrons. The second-order valence-electron chi connectivity index (χ2n) is 6.75. The third-order valence-electron chi connectivity index (χ3n) is 4.79. The summed E-state index contributed by atoms with van der Waals surface area (Å²) in [6.07, 6.45) is 3.53. The highest BCUT2D eigenvalue weighted by Crippen LogP contribution is 2.32. The first-order chi connectivity index (χ1) is 13.1. The molecule has 0 aliphatic carbocycles. The molecule has 4 nitrogen and oxygen atoms in total. The molecule has 1 unspecified atom stereocenters. The van der Waals surface area contributed by atoms with Gasteiger partial charge in [0.05, 0.1) is 11.4 Å². The maximum atomic E-state index is 11.5. The lowest BCUT2D eigenvalue weighted by Gasteiger charge is -2.15. The van der Waals surface area contributed by atoms with Gasteiger partial charge in [0, 0.05) is 23.5 Å². The van der Waals surface area contributed by atoms with Crippen LogP contribution in [0, 0.1) is 6.92 Å². The normalized spacial score (nSPS) is 16.0. The number of Topliss-reactive ketones (excluding diaryl/α,β-unsaturated/α-hetero) is 1. The molecule has 3 aromatic rings. The van der Waals surface area contributed by atoms with Crippen LogP contribution in [0.3, 0.4) is 0 Å². The summed E-state index contributed by atoms with van der Waals surface area (Å²) in [4.78, 5) is 15.7. The Morgan fingerprint density at radius 2 is 1.37 bits per heavy atom. The predicted molar refractivity (Wildman–Crippen MR) is 108 cm³/mol. The highest BCUT2D eigenvalue weighted by Gasteiger charge is 2.25. The fourth-order valence-corrected chi connectivity index (χ4v) is 3.24. The van der Waals surface area contributed by atoms with Gasteiger partial charge in [0.15, 0.2) is 5.78 Å². The van der Waals surface area contributed by atoms with E-state index < -0.39 is 0 Å². The SMILES string of the molecule is CC(=O)c1ccc(C2NC(c3ccncc3)=C(c3ccc(C)cc3)N2)cc1. The number of rotatable bonds is 4. The largest absolute Gasteiger partial charge is 0.359 e. The fourth-order valence-electron chi connectivity index (χ4n) is 3.24. The van der Waals surface area contributed by atoms with Crippen LogP contribution in [0.25, 0.3) is 11.4 Å². The summed E-state index contributed by atoms with van der Waals surface area (Å²) in [5.41, 5.74) is 7.33. The van der Waals surface area contributed by atoms with Crippen molar-refractivity contribution in [3.63, 3.8) is 0 Å². The molecule has 0 bridgehead atoms. The van der Waals surface area contributed by atoms with E-state index in [2.05, 4.69) is 46.8 Å². The minimum atomic E-state index is -0.0644. The van der Waals surface area contributed by atoms with Crippen LogP contribution < -0.4 is 10.6 Å². The number of aromatic nitrogens is 1. The van der Waals surface area contributed by atoms with Crippen molar-refractivity contribution >= 4 is 17.2 Å². The van der Waals surface area contributed by atoms with E-state index in [1.165, 1.54) is 5.56 Å². The maximum absolute atomic E-state index is 11.5. The lowest BCUT2D eigenvalue weighted by molar-refractivity contribution is 0.101. The number of carbonyl (C=O) groups is 1. The number of hydrogen-bond donors (Lipinski definition) is 2. The highest BCUT2D eigenvalue weighted by molar-refractivity contribution is 5.94. The number of ketones is 1. The molecule has 2 aromatic carbocycles. The van der Waals surface area contributed by atoms with Crippen LogP contribution in [0.1, 0.15) is 45.7 Å². The lowest BCUT2D eigenvalue weighted by Crippen LogP contribution is -2.23. The average Bonchev–Trinajstić information content (AvgIpc) is 3.15. The van der Waals surface area contributed by atoms with Crippen molar-refractivity contribution in [2.24, 2.45) is 0 Å². The molecule has 2 N–H and O–H groups in total. The van der Waals surface area contributed by atoms with Crippen molar-refractivity contribution in [1.29, 1.82) is 0 Å². The van der Waals surface area contributed by atoms with Crippen LogP contribution in [0.2, 0.25) is 0 Å². The van der Waals surface area contributed by atoms with Crippen LogP contribution in [-0.2, 0) is 0 Å². The van der Waals surface area contributed by atoms with Crippen molar-refractivity contribution < 1.29 is 4.79 Å². The lowest BCUT2D eigenvalue weighted by atomic mass is 10.1. The zero-order chi connectivity index (χ0) is 18.8. The van der Waals surface area contributed by atoms with Gasteiger partial charge in [-0.3, -0.25) is 9.78 Å². The van der Waals surface area contributed by atoms with E-state index in [4.69, 9.17) is 0 Å². The van der Waals surface area contributed by atoms with E-state index in [9.17, 15) is 4.79 Å².